The number of halogens is 1. The Hall–Kier alpha value is -2.00. The zero-order chi connectivity index (χ0) is 18.5. The largest absolute Gasteiger partial charge is 0.487 e. The maximum absolute atomic E-state index is 10.9. The summed E-state index contributed by atoms with van der Waals surface area (Å²) in [4.78, 5) is 10.9. The number of carboxylic acid groups (broad SMARTS) is 1. The van der Waals surface area contributed by atoms with Crippen LogP contribution in [0.5, 0.6) is 5.75 Å². The summed E-state index contributed by atoms with van der Waals surface area (Å²) in [6.45, 7) is 4.19. The van der Waals surface area contributed by atoms with Crippen molar-refractivity contribution in [2.75, 3.05) is 0 Å². The van der Waals surface area contributed by atoms with Gasteiger partial charge >= 0.3 is 5.97 Å². The van der Waals surface area contributed by atoms with Gasteiger partial charge < -0.3 is 9.84 Å². The van der Waals surface area contributed by atoms with E-state index < -0.39 is 5.97 Å². The number of fused-ring (bicyclic) bond motifs is 1. The fraction of sp³-hybridized carbons (Fsp3) is 0.409. The van der Waals surface area contributed by atoms with Crippen molar-refractivity contribution >= 4 is 17.6 Å². The maximum atomic E-state index is 10.9. The third kappa shape index (κ3) is 3.45. The zero-order valence-corrected chi connectivity index (χ0v) is 15.8. The van der Waals surface area contributed by atoms with Gasteiger partial charge in [-0.1, -0.05) is 35.9 Å². The van der Waals surface area contributed by atoms with Crippen LogP contribution in [0.15, 0.2) is 36.4 Å². The van der Waals surface area contributed by atoms with E-state index in [0.29, 0.717) is 5.92 Å². The Morgan fingerprint density at radius 2 is 2.00 bits per heavy atom. The predicted octanol–water partition coefficient (Wildman–Crippen LogP) is 5.37. The van der Waals surface area contributed by atoms with Gasteiger partial charge in [-0.3, -0.25) is 4.79 Å². The van der Waals surface area contributed by atoms with Crippen LogP contribution in [0.2, 0.25) is 5.02 Å². The van der Waals surface area contributed by atoms with E-state index in [0.717, 1.165) is 53.1 Å². The summed E-state index contributed by atoms with van der Waals surface area (Å²) in [7, 11) is 0. The van der Waals surface area contributed by atoms with Gasteiger partial charge in [0.15, 0.2) is 0 Å². The summed E-state index contributed by atoms with van der Waals surface area (Å²) in [5, 5.41) is 9.73. The van der Waals surface area contributed by atoms with E-state index in [4.69, 9.17) is 21.4 Å². The number of benzene rings is 2. The zero-order valence-electron chi connectivity index (χ0n) is 15.1. The van der Waals surface area contributed by atoms with E-state index in [2.05, 4.69) is 38.1 Å². The molecule has 1 fully saturated rings. The molecule has 0 aromatic heterocycles. The van der Waals surface area contributed by atoms with Gasteiger partial charge in [0.05, 0.1) is 5.92 Å². The van der Waals surface area contributed by atoms with Crippen LogP contribution >= 0.6 is 11.6 Å². The number of aliphatic carboxylic acids is 1. The molecule has 0 spiro atoms. The molecule has 2 aromatic rings. The van der Waals surface area contributed by atoms with Crippen LogP contribution < -0.4 is 4.74 Å². The number of hydrogen-bond donors (Lipinski definition) is 1. The molecule has 1 N–H and O–H groups in total. The van der Waals surface area contributed by atoms with Crippen molar-refractivity contribution in [1.29, 1.82) is 0 Å². The van der Waals surface area contributed by atoms with Gasteiger partial charge in [0.2, 0.25) is 0 Å². The molecule has 4 rings (SSSR count). The van der Waals surface area contributed by atoms with Gasteiger partial charge in [-0.25, -0.2) is 0 Å². The Kier molecular flexibility index (Phi) is 4.23. The second-order valence-corrected chi connectivity index (χ2v) is 8.59. The standard InChI is InChI=1S/C22H23ClO3/c1-22(2)12-16-9-17(23)11-18(20(16)26-22)14-6-3-13(4-7-14)5-8-15-10-19(15)21(24)25/h3-4,6-7,9,11,15,19H,5,8,10,12H2,1-2H3,(H,24,25). The van der Waals surface area contributed by atoms with Crippen LogP contribution in [0.3, 0.4) is 0 Å². The van der Waals surface area contributed by atoms with Crippen molar-refractivity contribution in [3.8, 4) is 16.9 Å². The highest BCUT2D eigenvalue weighted by Crippen LogP contribution is 2.44. The number of carbonyl (C=O) groups is 1. The summed E-state index contributed by atoms with van der Waals surface area (Å²) in [5.41, 5.74) is 4.34. The highest BCUT2D eigenvalue weighted by Gasteiger charge is 2.42. The number of hydrogen-bond acceptors (Lipinski definition) is 2. The Balaban J connectivity index is 1.51. The molecule has 2 unspecified atom stereocenters. The van der Waals surface area contributed by atoms with Crippen molar-refractivity contribution in [2.24, 2.45) is 11.8 Å². The van der Waals surface area contributed by atoms with E-state index in [1.54, 1.807) is 0 Å². The monoisotopic (exact) mass is 370 g/mol. The van der Waals surface area contributed by atoms with E-state index in [9.17, 15) is 4.79 Å². The van der Waals surface area contributed by atoms with Crippen LogP contribution in [0.1, 0.15) is 37.8 Å². The van der Waals surface area contributed by atoms with Crippen molar-refractivity contribution in [1.82, 2.24) is 0 Å². The van der Waals surface area contributed by atoms with Crippen LogP contribution in [0.25, 0.3) is 11.1 Å². The number of carboxylic acids is 1. The molecule has 136 valence electrons. The van der Waals surface area contributed by atoms with Crippen LogP contribution in [0.4, 0.5) is 0 Å². The maximum Gasteiger partial charge on any atom is 0.306 e. The molecule has 2 aliphatic rings. The third-order valence-electron chi connectivity index (χ3n) is 5.43. The van der Waals surface area contributed by atoms with Crippen LogP contribution in [0, 0.1) is 11.8 Å². The lowest BCUT2D eigenvalue weighted by Crippen LogP contribution is -2.24. The average molecular weight is 371 g/mol. The fourth-order valence-corrected chi connectivity index (χ4v) is 4.20. The third-order valence-corrected chi connectivity index (χ3v) is 5.65. The average Bonchev–Trinajstić information content (AvgIpc) is 3.29. The van der Waals surface area contributed by atoms with Gasteiger partial charge in [0, 0.05) is 22.6 Å². The summed E-state index contributed by atoms with van der Waals surface area (Å²) >= 11 is 6.33. The van der Waals surface area contributed by atoms with Crippen LogP contribution in [-0.4, -0.2) is 16.7 Å². The van der Waals surface area contributed by atoms with Crippen LogP contribution in [-0.2, 0) is 17.6 Å². The molecular formula is C22H23ClO3. The highest BCUT2D eigenvalue weighted by molar-refractivity contribution is 6.31. The lowest BCUT2D eigenvalue weighted by atomic mass is 9.96. The first-order chi connectivity index (χ1) is 12.3. The van der Waals surface area contributed by atoms with Crippen molar-refractivity contribution in [3.05, 3.63) is 52.5 Å². The van der Waals surface area contributed by atoms with E-state index in [1.807, 2.05) is 12.1 Å². The predicted molar refractivity (Wildman–Crippen MR) is 103 cm³/mol. The molecule has 0 radical (unpaired) electrons. The first-order valence-corrected chi connectivity index (χ1v) is 9.54. The molecule has 2 atom stereocenters. The molecule has 26 heavy (non-hydrogen) atoms. The normalized spacial score (nSPS) is 22.6. The van der Waals surface area contributed by atoms with Crippen molar-refractivity contribution in [2.45, 2.75) is 45.1 Å². The number of rotatable bonds is 5. The van der Waals surface area contributed by atoms with Gasteiger partial charge in [0.25, 0.3) is 0 Å². The molecule has 1 heterocycles. The second-order valence-electron chi connectivity index (χ2n) is 8.16. The summed E-state index contributed by atoms with van der Waals surface area (Å²) < 4.78 is 6.17. The quantitative estimate of drug-likeness (QED) is 0.769. The molecular weight excluding hydrogens is 348 g/mol. The summed E-state index contributed by atoms with van der Waals surface area (Å²) in [5.74, 6) is 0.514. The van der Waals surface area contributed by atoms with Crippen molar-refractivity contribution < 1.29 is 14.6 Å². The molecule has 1 saturated carbocycles. The highest BCUT2D eigenvalue weighted by atomic mass is 35.5. The minimum Gasteiger partial charge on any atom is -0.487 e. The van der Waals surface area contributed by atoms with Crippen molar-refractivity contribution in [3.63, 3.8) is 0 Å². The number of aryl methyl sites for hydroxylation is 1. The number of ether oxygens (including phenoxy) is 1. The molecule has 3 nitrogen and oxygen atoms in total. The Morgan fingerprint density at radius 1 is 1.27 bits per heavy atom. The molecule has 2 aromatic carbocycles. The van der Waals surface area contributed by atoms with E-state index >= 15 is 0 Å². The Bertz CT molecular complexity index is 854. The SMILES string of the molecule is CC1(C)Cc2cc(Cl)cc(-c3ccc(CCC4CC4C(=O)O)cc3)c2O1. The Labute approximate surface area is 158 Å². The van der Waals surface area contributed by atoms with Gasteiger partial charge in [-0.2, -0.15) is 0 Å². The van der Waals surface area contributed by atoms with Gasteiger partial charge in [-0.15, -0.1) is 0 Å². The smallest absolute Gasteiger partial charge is 0.306 e. The van der Waals surface area contributed by atoms with Gasteiger partial charge in [0.1, 0.15) is 11.4 Å². The first kappa shape index (κ1) is 17.4. The Morgan fingerprint density at radius 3 is 2.65 bits per heavy atom. The topological polar surface area (TPSA) is 46.5 Å². The van der Waals surface area contributed by atoms with E-state index in [-0.39, 0.29) is 11.5 Å². The first-order valence-electron chi connectivity index (χ1n) is 9.16. The molecule has 1 aliphatic carbocycles. The fourth-order valence-electron chi connectivity index (χ4n) is 3.96. The molecule has 1 aliphatic heterocycles. The van der Waals surface area contributed by atoms with E-state index in [1.165, 1.54) is 5.56 Å². The summed E-state index contributed by atoms with van der Waals surface area (Å²) in [6, 6.07) is 12.4. The molecule has 4 heteroatoms. The summed E-state index contributed by atoms with van der Waals surface area (Å²) in [6.07, 6.45) is 3.56. The lowest BCUT2D eigenvalue weighted by Gasteiger charge is -2.18. The second kappa shape index (κ2) is 6.31. The van der Waals surface area contributed by atoms with Gasteiger partial charge in [-0.05, 0) is 62.3 Å². The molecule has 0 amide bonds. The lowest BCUT2D eigenvalue weighted by molar-refractivity contribution is -0.138. The molecule has 0 bridgehead atoms. The molecule has 0 saturated heterocycles. The minimum atomic E-state index is -0.650. The minimum absolute atomic E-state index is 0.121.